The van der Waals surface area contributed by atoms with Crippen LogP contribution in [0.2, 0.25) is 0 Å². The quantitative estimate of drug-likeness (QED) is 0.769. The number of rotatable bonds is 2. The third-order valence-corrected chi connectivity index (χ3v) is 2.41. The highest BCUT2D eigenvalue weighted by Crippen LogP contribution is 2.04. The van der Waals surface area contributed by atoms with Gasteiger partial charge < -0.3 is 14.3 Å². The second-order valence-electron chi connectivity index (χ2n) is 3.47. The van der Waals surface area contributed by atoms with E-state index in [1.165, 1.54) is 13.2 Å². The van der Waals surface area contributed by atoms with Crippen molar-refractivity contribution >= 4 is 18.1 Å². The lowest BCUT2D eigenvalue weighted by molar-refractivity contribution is 0.0656. The summed E-state index contributed by atoms with van der Waals surface area (Å²) in [7, 11) is 1.53. The minimum Gasteiger partial charge on any atom is -0.501 e. The molecule has 0 unspecified atom stereocenters. The summed E-state index contributed by atoms with van der Waals surface area (Å²) in [4.78, 5) is 22.4. The summed E-state index contributed by atoms with van der Waals surface area (Å²) >= 11 is 0. The van der Waals surface area contributed by atoms with E-state index in [0.29, 0.717) is 17.4 Å². The first-order chi connectivity index (χ1) is 8.11. The van der Waals surface area contributed by atoms with Crippen LogP contribution in [0.4, 0.5) is 0 Å². The standard InChI is InChI=1S/C12H10O5/c1-16-7-2-4-8-9(13)6-11(12(14)15)17-10(8)5-3-7/h3-6H,2H2,1H3,(H,14,15). The van der Waals surface area contributed by atoms with Gasteiger partial charge in [-0.3, -0.25) is 4.79 Å². The van der Waals surface area contributed by atoms with Crippen LogP contribution >= 0.6 is 0 Å². The van der Waals surface area contributed by atoms with Crippen molar-refractivity contribution in [3.8, 4) is 0 Å². The Morgan fingerprint density at radius 3 is 2.88 bits per heavy atom. The van der Waals surface area contributed by atoms with E-state index in [9.17, 15) is 9.59 Å². The molecule has 0 aliphatic heterocycles. The van der Waals surface area contributed by atoms with Gasteiger partial charge in [-0.05, 0) is 12.2 Å². The van der Waals surface area contributed by atoms with Crippen molar-refractivity contribution in [2.24, 2.45) is 0 Å². The molecule has 0 saturated heterocycles. The molecule has 2 rings (SSSR count). The number of carbonyl (C=O) groups is 1. The number of ether oxygens (including phenoxy) is 1. The van der Waals surface area contributed by atoms with Gasteiger partial charge in [-0.2, -0.15) is 0 Å². The lowest BCUT2D eigenvalue weighted by atomic mass is 10.2. The van der Waals surface area contributed by atoms with E-state index in [1.807, 2.05) is 0 Å². The lowest BCUT2D eigenvalue weighted by Crippen LogP contribution is -2.39. The molecule has 1 aliphatic rings. The molecule has 5 heteroatoms. The number of hydrogen-bond acceptors (Lipinski definition) is 4. The predicted octanol–water partition coefficient (Wildman–Crippen LogP) is -0.167. The number of aromatic carboxylic acids is 1. The van der Waals surface area contributed by atoms with Crippen molar-refractivity contribution in [2.45, 2.75) is 6.42 Å². The van der Waals surface area contributed by atoms with Gasteiger partial charge in [0, 0.05) is 12.5 Å². The predicted molar refractivity (Wildman–Crippen MR) is 59.8 cm³/mol. The fourth-order valence-corrected chi connectivity index (χ4v) is 1.54. The number of allylic oxidation sites excluding steroid dienone is 2. The summed E-state index contributed by atoms with van der Waals surface area (Å²) in [5.41, 5.74) is -0.132. The van der Waals surface area contributed by atoms with Crippen LogP contribution in [0.3, 0.4) is 0 Å². The van der Waals surface area contributed by atoms with Gasteiger partial charge in [-0.1, -0.05) is 6.08 Å². The second-order valence-corrected chi connectivity index (χ2v) is 3.47. The molecule has 0 radical (unpaired) electrons. The zero-order valence-electron chi connectivity index (χ0n) is 9.10. The van der Waals surface area contributed by atoms with E-state index in [4.69, 9.17) is 14.3 Å². The Kier molecular flexibility index (Phi) is 2.82. The molecule has 0 atom stereocenters. The van der Waals surface area contributed by atoms with Gasteiger partial charge in [-0.25, -0.2) is 4.79 Å². The molecule has 17 heavy (non-hydrogen) atoms. The Balaban J connectivity index is 2.73. The molecule has 0 saturated carbocycles. The summed E-state index contributed by atoms with van der Waals surface area (Å²) in [6.45, 7) is 0. The highest BCUT2D eigenvalue weighted by atomic mass is 16.5. The summed E-state index contributed by atoms with van der Waals surface area (Å²) in [6.07, 6.45) is 5.31. The number of hydrogen-bond donors (Lipinski definition) is 1. The number of carboxylic acid groups (broad SMARTS) is 1. The van der Waals surface area contributed by atoms with Crippen molar-refractivity contribution in [3.05, 3.63) is 44.5 Å². The van der Waals surface area contributed by atoms with Crippen molar-refractivity contribution in [3.63, 3.8) is 0 Å². The van der Waals surface area contributed by atoms with Crippen molar-refractivity contribution in [2.75, 3.05) is 7.11 Å². The van der Waals surface area contributed by atoms with E-state index in [-0.39, 0.29) is 16.6 Å². The van der Waals surface area contributed by atoms with E-state index in [2.05, 4.69) is 0 Å². The molecule has 1 heterocycles. The molecular weight excluding hydrogens is 224 g/mol. The molecule has 1 aromatic heterocycles. The molecule has 0 amide bonds. The summed E-state index contributed by atoms with van der Waals surface area (Å²) < 4.78 is 10.2. The van der Waals surface area contributed by atoms with E-state index in [0.717, 1.165) is 6.07 Å². The van der Waals surface area contributed by atoms with Crippen LogP contribution in [0.1, 0.15) is 17.0 Å². The topological polar surface area (TPSA) is 76.7 Å². The minimum absolute atomic E-state index is 0.238. The molecule has 0 aromatic carbocycles. The van der Waals surface area contributed by atoms with Gasteiger partial charge in [-0.15, -0.1) is 0 Å². The van der Waals surface area contributed by atoms with Crippen LogP contribution in [0.5, 0.6) is 0 Å². The second kappa shape index (κ2) is 4.29. The van der Waals surface area contributed by atoms with E-state index in [1.54, 1.807) is 12.2 Å². The fourth-order valence-electron chi connectivity index (χ4n) is 1.54. The van der Waals surface area contributed by atoms with E-state index >= 15 is 0 Å². The molecule has 1 aliphatic carbocycles. The molecule has 0 fully saturated rings. The van der Waals surface area contributed by atoms with Crippen molar-refractivity contribution in [1.29, 1.82) is 0 Å². The van der Waals surface area contributed by atoms with Crippen molar-refractivity contribution in [1.82, 2.24) is 0 Å². The van der Waals surface area contributed by atoms with Crippen LogP contribution < -0.4 is 16.1 Å². The van der Waals surface area contributed by atoms with Gasteiger partial charge in [0.1, 0.15) is 5.42 Å². The maximum atomic E-state index is 11.7. The van der Waals surface area contributed by atoms with Gasteiger partial charge in [0.25, 0.3) is 0 Å². The Morgan fingerprint density at radius 2 is 2.24 bits per heavy atom. The zero-order valence-corrected chi connectivity index (χ0v) is 9.10. The van der Waals surface area contributed by atoms with Crippen LogP contribution in [0.25, 0.3) is 12.2 Å². The number of carboxylic acids is 1. The Morgan fingerprint density at radius 1 is 1.47 bits per heavy atom. The summed E-state index contributed by atoms with van der Waals surface area (Å²) in [5, 5.41) is 9.14. The van der Waals surface area contributed by atoms with Crippen molar-refractivity contribution < 1.29 is 19.1 Å². The van der Waals surface area contributed by atoms with Crippen LogP contribution in [0.15, 0.2) is 27.1 Å². The molecule has 5 nitrogen and oxygen atoms in total. The third kappa shape index (κ3) is 2.13. The highest BCUT2D eigenvalue weighted by molar-refractivity contribution is 5.84. The average molecular weight is 234 g/mol. The Hall–Kier alpha value is -2.30. The third-order valence-electron chi connectivity index (χ3n) is 2.41. The van der Waals surface area contributed by atoms with E-state index < -0.39 is 5.97 Å². The van der Waals surface area contributed by atoms with Gasteiger partial charge in [0.05, 0.1) is 18.1 Å². The Bertz CT molecular complexity index is 663. The highest BCUT2D eigenvalue weighted by Gasteiger charge is 2.09. The van der Waals surface area contributed by atoms with Crippen LogP contribution in [-0.4, -0.2) is 18.2 Å². The molecular formula is C12H10O5. The van der Waals surface area contributed by atoms with Gasteiger partial charge in [0.15, 0.2) is 5.43 Å². The first-order valence-corrected chi connectivity index (χ1v) is 4.94. The number of fused-ring (bicyclic) bond motifs is 1. The van der Waals surface area contributed by atoms with Crippen LogP contribution in [-0.2, 0) is 4.74 Å². The number of methoxy groups -OCH3 is 1. The molecule has 1 N–H and O–H groups in total. The molecule has 88 valence electrons. The summed E-state index contributed by atoms with van der Waals surface area (Å²) in [5.74, 6) is -0.959. The summed E-state index contributed by atoms with van der Waals surface area (Å²) in [6, 6.07) is 0.975. The maximum Gasteiger partial charge on any atom is 0.371 e. The van der Waals surface area contributed by atoms with Gasteiger partial charge >= 0.3 is 5.97 Å². The fraction of sp³-hybridized carbons (Fsp3) is 0.167. The Labute approximate surface area is 95.9 Å². The first kappa shape index (κ1) is 11.2. The lowest BCUT2D eigenvalue weighted by Gasteiger charge is -1.98. The van der Waals surface area contributed by atoms with Gasteiger partial charge in [0.2, 0.25) is 5.76 Å². The molecule has 1 aromatic rings. The molecule has 0 spiro atoms. The zero-order chi connectivity index (χ0) is 12.4. The molecule has 0 bridgehead atoms. The average Bonchev–Trinajstić information content (AvgIpc) is 2.51. The SMILES string of the molecule is COC1=CC=c2oc(C(=O)O)cc(=O)c2=CC1. The normalized spacial score (nSPS) is 13.6. The van der Waals surface area contributed by atoms with Crippen LogP contribution in [0, 0.1) is 0 Å². The monoisotopic (exact) mass is 234 g/mol. The maximum absolute atomic E-state index is 11.7. The largest absolute Gasteiger partial charge is 0.501 e. The first-order valence-electron chi connectivity index (χ1n) is 4.94. The minimum atomic E-state index is -1.27. The smallest absolute Gasteiger partial charge is 0.371 e.